The minimum Gasteiger partial charge on any atom is -0.480 e. The topological polar surface area (TPSA) is 107 Å². The van der Waals surface area contributed by atoms with Crippen molar-refractivity contribution in [2.75, 3.05) is 26.2 Å². The molecule has 8 heteroatoms. The van der Waals surface area contributed by atoms with E-state index in [0.717, 1.165) is 4.90 Å². The van der Waals surface area contributed by atoms with Crippen LogP contribution in [0.25, 0.3) is 0 Å². The smallest absolute Gasteiger partial charge is 0.326 e. The van der Waals surface area contributed by atoms with Crippen LogP contribution in [0.4, 0.5) is 0 Å². The highest BCUT2D eigenvalue weighted by Crippen LogP contribution is 2.07. The van der Waals surface area contributed by atoms with Gasteiger partial charge in [-0.1, -0.05) is 13.8 Å². The summed E-state index contributed by atoms with van der Waals surface area (Å²) in [7, 11) is 0. The number of carboxylic acids is 1. The Morgan fingerprint density at radius 3 is 2.23 bits per heavy atom. The average molecular weight is 313 g/mol. The van der Waals surface area contributed by atoms with Gasteiger partial charge in [-0.15, -0.1) is 0 Å². The van der Waals surface area contributed by atoms with Gasteiger partial charge in [0, 0.05) is 19.6 Å². The molecule has 1 atom stereocenters. The summed E-state index contributed by atoms with van der Waals surface area (Å²) in [5, 5.41) is 11.5. The molecule has 0 aromatic rings. The number of nitrogens with one attached hydrogen (secondary N) is 1. The molecule has 1 saturated heterocycles. The molecular weight excluding hydrogens is 290 g/mol. The lowest BCUT2D eigenvalue weighted by atomic mass is 10.0. The molecule has 1 heterocycles. The van der Waals surface area contributed by atoms with E-state index in [9.17, 15) is 19.2 Å². The number of piperazine rings is 1. The van der Waals surface area contributed by atoms with Crippen LogP contribution in [-0.4, -0.2) is 70.8 Å². The fourth-order valence-corrected chi connectivity index (χ4v) is 2.27. The second-order valence-corrected chi connectivity index (χ2v) is 5.70. The van der Waals surface area contributed by atoms with Crippen molar-refractivity contribution in [2.24, 2.45) is 5.92 Å². The van der Waals surface area contributed by atoms with Crippen molar-refractivity contribution in [3.05, 3.63) is 0 Å². The maximum Gasteiger partial charge on any atom is 0.326 e. The molecule has 1 rings (SSSR count). The van der Waals surface area contributed by atoms with Crippen molar-refractivity contribution in [1.29, 1.82) is 0 Å². The van der Waals surface area contributed by atoms with Crippen LogP contribution < -0.4 is 5.32 Å². The van der Waals surface area contributed by atoms with Gasteiger partial charge in [0.05, 0.1) is 0 Å². The maximum atomic E-state index is 11.9. The largest absolute Gasteiger partial charge is 0.480 e. The molecule has 0 aliphatic carbocycles. The van der Waals surface area contributed by atoms with Gasteiger partial charge in [0.15, 0.2) is 0 Å². The highest BCUT2D eigenvalue weighted by atomic mass is 16.4. The second kappa shape index (κ2) is 7.77. The van der Waals surface area contributed by atoms with E-state index in [1.807, 2.05) is 13.8 Å². The van der Waals surface area contributed by atoms with E-state index >= 15 is 0 Å². The zero-order chi connectivity index (χ0) is 16.9. The predicted molar refractivity (Wildman–Crippen MR) is 77.9 cm³/mol. The number of hydrogen-bond acceptors (Lipinski definition) is 4. The zero-order valence-corrected chi connectivity index (χ0v) is 13.2. The molecule has 2 N–H and O–H groups in total. The summed E-state index contributed by atoms with van der Waals surface area (Å²) in [6.07, 6.45) is 0.303. The normalized spacial score (nSPS) is 16.9. The summed E-state index contributed by atoms with van der Waals surface area (Å²) < 4.78 is 0. The van der Waals surface area contributed by atoms with E-state index in [1.54, 1.807) is 6.92 Å². The molecule has 22 heavy (non-hydrogen) atoms. The lowest BCUT2D eigenvalue weighted by molar-refractivity contribution is -0.157. The number of aliphatic carboxylic acids is 1. The molecule has 0 bridgehead atoms. The van der Waals surface area contributed by atoms with Gasteiger partial charge in [0.2, 0.25) is 5.91 Å². The summed E-state index contributed by atoms with van der Waals surface area (Å²) in [5.74, 6) is -2.92. The first-order valence-electron chi connectivity index (χ1n) is 7.36. The third-order valence-electron chi connectivity index (χ3n) is 3.45. The minimum atomic E-state index is -1.11. The van der Waals surface area contributed by atoms with E-state index < -0.39 is 29.7 Å². The van der Waals surface area contributed by atoms with Crippen LogP contribution in [0, 0.1) is 5.92 Å². The Labute approximate surface area is 129 Å². The van der Waals surface area contributed by atoms with Gasteiger partial charge >= 0.3 is 17.8 Å². The Kier molecular flexibility index (Phi) is 6.33. The van der Waals surface area contributed by atoms with Crippen LogP contribution in [0.15, 0.2) is 0 Å². The quantitative estimate of drug-likeness (QED) is 0.604. The third kappa shape index (κ3) is 4.71. The van der Waals surface area contributed by atoms with Gasteiger partial charge < -0.3 is 20.2 Å². The van der Waals surface area contributed by atoms with Crippen molar-refractivity contribution < 1.29 is 24.3 Å². The molecule has 1 aliphatic rings. The Balaban J connectivity index is 2.59. The van der Waals surface area contributed by atoms with Crippen molar-refractivity contribution in [2.45, 2.75) is 33.2 Å². The molecule has 1 fully saturated rings. The zero-order valence-electron chi connectivity index (χ0n) is 13.2. The summed E-state index contributed by atoms with van der Waals surface area (Å²) in [4.78, 5) is 49.2. The van der Waals surface area contributed by atoms with Crippen LogP contribution in [0.5, 0.6) is 0 Å². The molecule has 124 valence electrons. The monoisotopic (exact) mass is 313 g/mol. The Bertz CT molecular complexity index is 463. The first kappa shape index (κ1) is 17.9. The predicted octanol–water partition coefficient (Wildman–Crippen LogP) is -0.707. The lowest BCUT2D eigenvalue weighted by Crippen LogP contribution is -2.57. The van der Waals surface area contributed by atoms with E-state index in [4.69, 9.17) is 5.11 Å². The molecule has 0 spiro atoms. The number of carbonyl (C=O) groups is 4. The number of rotatable bonds is 7. The molecule has 8 nitrogen and oxygen atoms in total. The first-order valence-corrected chi connectivity index (χ1v) is 7.36. The van der Waals surface area contributed by atoms with E-state index in [1.165, 1.54) is 4.90 Å². The van der Waals surface area contributed by atoms with Gasteiger partial charge in [0.25, 0.3) is 0 Å². The Hall–Kier alpha value is -2.12. The van der Waals surface area contributed by atoms with Gasteiger partial charge in [0.1, 0.15) is 12.6 Å². The standard InChI is InChI=1S/C14H23N3O5/c1-4-16-5-6-17(13(20)12(16)19)8-11(18)15-10(14(21)22)7-9(2)3/h9-10H,4-8H2,1-3H3,(H,15,18)(H,21,22)/t10-/m1/s1. The van der Waals surface area contributed by atoms with Crippen LogP contribution >= 0.6 is 0 Å². The van der Waals surface area contributed by atoms with Crippen molar-refractivity contribution in [3.8, 4) is 0 Å². The van der Waals surface area contributed by atoms with Crippen LogP contribution in [0.1, 0.15) is 27.2 Å². The van der Waals surface area contributed by atoms with Crippen molar-refractivity contribution in [3.63, 3.8) is 0 Å². The SMILES string of the molecule is CCN1CCN(CC(=O)N[C@H](CC(C)C)C(=O)O)C(=O)C1=O. The van der Waals surface area contributed by atoms with Gasteiger partial charge in [-0.2, -0.15) is 0 Å². The molecule has 0 unspecified atom stereocenters. The van der Waals surface area contributed by atoms with Gasteiger partial charge in [-0.3, -0.25) is 14.4 Å². The minimum absolute atomic E-state index is 0.109. The molecule has 3 amide bonds. The summed E-state index contributed by atoms with van der Waals surface area (Å²) >= 11 is 0. The Morgan fingerprint density at radius 1 is 1.18 bits per heavy atom. The van der Waals surface area contributed by atoms with Crippen LogP contribution in [-0.2, 0) is 19.2 Å². The van der Waals surface area contributed by atoms with Gasteiger partial charge in [-0.05, 0) is 19.3 Å². The highest BCUT2D eigenvalue weighted by Gasteiger charge is 2.33. The number of carboxylic acid groups (broad SMARTS) is 1. The summed E-state index contributed by atoms with van der Waals surface area (Å²) in [6, 6.07) is -0.991. The molecular formula is C14H23N3O5. The van der Waals surface area contributed by atoms with E-state index in [2.05, 4.69) is 5.32 Å². The first-order chi connectivity index (χ1) is 10.3. The Morgan fingerprint density at radius 2 is 1.73 bits per heavy atom. The average Bonchev–Trinajstić information content (AvgIpc) is 2.43. The van der Waals surface area contributed by atoms with Crippen LogP contribution in [0.3, 0.4) is 0 Å². The molecule has 0 aromatic carbocycles. The highest BCUT2D eigenvalue weighted by molar-refractivity contribution is 6.35. The number of nitrogens with zero attached hydrogens (tertiary/aromatic N) is 2. The second-order valence-electron chi connectivity index (χ2n) is 5.70. The molecule has 0 saturated carbocycles. The van der Waals surface area contributed by atoms with Crippen molar-refractivity contribution >= 4 is 23.7 Å². The molecule has 0 aromatic heterocycles. The van der Waals surface area contributed by atoms with E-state index in [0.29, 0.717) is 19.5 Å². The number of carbonyl (C=O) groups excluding carboxylic acids is 3. The summed E-state index contributed by atoms with van der Waals surface area (Å²) in [6.45, 7) is 6.28. The third-order valence-corrected chi connectivity index (χ3v) is 3.45. The fraction of sp³-hybridized carbons (Fsp3) is 0.714. The number of amides is 3. The molecule has 1 aliphatic heterocycles. The van der Waals surface area contributed by atoms with Crippen LogP contribution in [0.2, 0.25) is 0 Å². The number of likely N-dealkylation sites (N-methyl/N-ethyl adjacent to an activating group) is 1. The van der Waals surface area contributed by atoms with Gasteiger partial charge in [-0.25, -0.2) is 4.79 Å². The summed E-state index contributed by atoms with van der Waals surface area (Å²) in [5.41, 5.74) is 0. The van der Waals surface area contributed by atoms with Crippen molar-refractivity contribution in [1.82, 2.24) is 15.1 Å². The number of hydrogen-bond donors (Lipinski definition) is 2. The lowest BCUT2D eigenvalue weighted by Gasteiger charge is -2.32. The molecule has 0 radical (unpaired) electrons. The fourth-order valence-electron chi connectivity index (χ4n) is 2.27. The van der Waals surface area contributed by atoms with E-state index in [-0.39, 0.29) is 19.0 Å². The maximum absolute atomic E-state index is 11.9.